The zero-order valence-electron chi connectivity index (χ0n) is 16.1. The number of para-hydroxylation sites is 1. The first-order valence-corrected chi connectivity index (χ1v) is 9.72. The smallest absolute Gasteiger partial charge is 0.293 e. The lowest BCUT2D eigenvalue weighted by molar-refractivity contribution is -0.137. The summed E-state index contributed by atoms with van der Waals surface area (Å²) in [6.07, 6.45) is -2.18. The number of carbonyl (C=O) groups excluding carboxylic acids is 1. The third-order valence-electron chi connectivity index (χ3n) is 5.39. The molecule has 1 unspecified atom stereocenters. The van der Waals surface area contributed by atoms with Crippen LogP contribution in [0.1, 0.15) is 30.9 Å². The van der Waals surface area contributed by atoms with E-state index in [1.807, 2.05) is 12.1 Å². The number of anilines is 1. The number of amides is 1. The molecule has 2 heterocycles. The fourth-order valence-electron chi connectivity index (χ4n) is 4.01. The minimum Gasteiger partial charge on any atom is -0.293 e. The van der Waals surface area contributed by atoms with Crippen LogP contribution in [0.5, 0.6) is 0 Å². The number of carbonyl (C=O) groups is 1. The minimum absolute atomic E-state index is 0.117. The van der Waals surface area contributed by atoms with Crippen LogP contribution in [0, 0.1) is 5.92 Å². The Morgan fingerprint density at radius 1 is 1.14 bits per heavy atom. The van der Waals surface area contributed by atoms with Gasteiger partial charge in [-0.25, -0.2) is 4.99 Å². The quantitative estimate of drug-likeness (QED) is 0.736. The van der Waals surface area contributed by atoms with Gasteiger partial charge in [-0.05, 0) is 49.6 Å². The van der Waals surface area contributed by atoms with Gasteiger partial charge in [0.1, 0.15) is 5.71 Å². The summed E-state index contributed by atoms with van der Waals surface area (Å²) in [4.78, 5) is 21.4. The van der Waals surface area contributed by atoms with Gasteiger partial charge in [0.25, 0.3) is 5.91 Å². The number of hydrogen-bond acceptors (Lipinski definition) is 3. The Balaban J connectivity index is 1.67. The van der Waals surface area contributed by atoms with Crippen LogP contribution in [0.15, 0.2) is 53.5 Å². The summed E-state index contributed by atoms with van der Waals surface area (Å²) in [5.74, 6) is 0.303. The molecule has 1 atom stereocenters. The number of piperidine rings is 1. The standard InChI is InChI=1S/C22H22F3N3O/c1-15-6-5-11-27(13-15)14-28-19-10-3-2-9-18(19)20(21(28)29)26-17-8-4-7-16(12-17)22(23,24)25/h2-4,7-10,12,15H,5-6,11,13-14H2,1H3. The van der Waals surface area contributed by atoms with E-state index < -0.39 is 11.7 Å². The summed E-state index contributed by atoms with van der Waals surface area (Å²) in [6.45, 7) is 4.51. The molecular formula is C22H22F3N3O. The Morgan fingerprint density at radius 2 is 1.93 bits per heavy atom. The topological polar surface area (TPSA) is 35.9 Å². The van der Waals surface area contributed by atoms with E-state index in [0.717, 1.165) is 37.3 Å². The second-order valence-corrected chi connectivity index (χ2v) is 7.72. The van der Waals surface area contributed by atoms with Crippen LogP contribution in [-0.2, 0) is 11.0 Å². The number of rotatable bonds is 3. The summed E-state index contributed by atoms with van der Waals surface area (Å²) in [5, 5.41) is 0. The van der Waals surface area contributed by atoms with E-state index in [0.29, 0.717) is 18.2 Å². The molecule has 0 aliphatic carbocycles. The molecule has 0 saturated carbocycles. The Hall–Kier alpha value is -2.67. The van der Waals surface area contributed by atoms with Crippen molar-refractivity contribution in [3.63, 3.8) is 0 Å². The van der Waals surface area contributed by atoms with Crippen LogP contribution >= 0.6 is 0 Å². The SMILES string of the molecule is CC1CCCN(CN2C(=O)C(=Nc3cccc(C(F)(F)F)c3)c3ccccc32)C1. The van der Waals surface area contributed by atoms with Gasteiger partial charge in [-0.1, -0.05) is 31.2 Å². The van der Waals surface area contributed by atoms with E-state index in [9.17, 15) is 18.0 Å². The van der Waals surface area contributed by atoms with Crippen molar-refractivity contribution in [1.82, 2.24) is 4.90 Å². The zero-order valence-corrected chi connectivity index (χ0v) is 16.1. The van der Waals surface area contributed by atoms with Gasteiger partial charge in [-0.15, -0.1) is 0 Å². The van der Waals surface area contributed by atoms with Gasteiger partial charge in [-0.2, -0.15) is 13.2 Å². The van der Waals surface area contributed by atoms with Crippen molar-refractivity contribution in [3.8, 4) is 0 Å². The Morgan fingerprint density at radius 3 is 2.69 bits per heavy atom. The number of hydrogen-bond donors (Lipinski definition) is 0. The van der Waals surface area contributed by atoms with E-state index in [1.54, 1.807) is 17.0 Å². The number of benzene rings is 2. The fourth-order valence-corrected chi connectivity index (χ4v) is 4.01. The first-order valence-electron chi connectivity index (χ1n) is 9.72. The average molecular weight is 401 g/mol. The lowest BCUT2D eigenvalue weighted by Gasteiger charge is -2.33. The Kier molecular flexibility index (Phi) is 5.17. The molecule has 2 aliphatic rings. The lowest BCUT2D eigenvalue weighted by Crippen LogP contribution is -2.45. The number of aliphatic imine (C=N–C) groups is 1. The van der Waals surface area contributed by atoms with Crippen molar-refractivity contribution < 1.29 is 18.0 Å². The molecule has 0 bridgehead atoms. The molecule has 0 N–H and O–H groups in total. The predicted octanol–water partition coefficient (Wildman–Crippen LogP) is 4.86. The summed E-state index contributed by atoms with van der Waals surface area (Å²) < 4.78 is 39.1. The van der Waals surface area contributed by atoms with E-state index in [1.165, 1.54) is 18.6 Å². The van der Waals surface area contributed by atoms with Crippen molar-refractivity contribution >= 4 is 23.0 Å². The third-order valence-corrected chi connectivity index (χ3v) is 5.39. The van der Waals surface area contributed by atoms with E-state index >= 15 is 0 Å². The summed E-state index contributed by atoms with van der Waals surface area (Å²) in [7, 11) is 0. The second-order valence-electron chi connectivity index (χ2n) is 7.72. The molecule has 7 heteroatoms. The maximum absolute atomic E-state index is 13.2. The predicted molar refractivity (Wildman–Crippen MR) is 106 cm³/mol. The van der Waals surface area contributed by atoms with Gasteiger partial charge in [0.05, 0.1) is 23.6 Å². The van der Waals surface area contributed by atoms with Gasteiger partial charge in [0, 0.05) is 12.1 Å². The fraction of sp³-hybridized carbons (Fsp3) is 0.364. The van der Waals surface area contributed by atoms with Crippen LogP contribution in [0.3, 0.4) is 0 Å². The maximum atomic E-state index is 13.2. The number of halogens is 3. The number of fused-ring (bicyclic) bond motifs is 1. The Labute approximate surface area is 167 Å². The van der Waals surface area contributed by atoms with Gasteiger partial charge >= 0.3 is 6.18 Å². The van der Waals surface area contributed by atoms with Crippen LogP contribution in [0.2, 0.25) is 0 Å². The monoisotopic (exact) mass is 401 g/mol. The van der Waals surface area contributed by atoms with E-state index in [2.05, 4.69) is 16.8 Å². The summed E-state index contributed by atoms with van der Waals surface area (Å²) in [5.41, 5.74) is 0.926. The number of alkyl halides is 3. The zero-order chi connectivity index (χ0) is 20.6. The highest BCUT2D eigenvalue weighted by Gasteiger charge is 2.35. The number of nitrogens with zero attached hydrogens (tertiary/aromatic N) is 3. The molecule has 1 saturated heterocycles. The molecule has 1 fully saturated rings. The minimum atomic E-state index is -4.45. The van der Waals surface area contributed by atoms with E-state index in [-0.39, 0.29) is 17.3 Å². The highest BCUT2D eigenvalue weighted by Crippen LogP contribution is 2.34. The molecule has 2 aliphatic heterocycles. The van der Waals surface area contributed by atoms with Crippen molar-refractivity contribution in [2.75, 3.05) is 24.7 Å². The molecule has 4 rings (SSSR count). The average Bonchev–Trinajstić information content (AvgIpc) is 2.94. The first-order chi connectivity index (χ1) is 13.8. The molecule has 1 amide bonds. The van der Waals surface area contributed by atoms with Crippen LogP contribution < -0.4 is 4.90 Å². The van der Waals surface area contributed by atoms with Crippen molar-refractivity contribution in [1.29, 1.82) is 0 Å². The second kappa shape index (κ2) is 7.63. The largest absolute Gasteiger partial charge is 0.416 e. The molecule has 0 aromatic heterocycles. The highest BCUT2D eigenvalue weighted by molar-refractivity contribution is 6.54. The van der Waals surface area contributed by atoms with Crippen molar-refractivity contribution in [2.45, 2.75) is 25.9 Å². The molecular weight excluding hydrogens is 379 g/mol. The maximum Gasteiger partial charge on any atom is 0.416 e. The molecule has 29 heavy (non-hydrogen) atoms. The van der Waals surface area contributed by atoms with Crippen molar-refractivity contribution in [2.24, 2.45) is 10.9 Å². The first kappa shape index (κ1) is 19.6. The molecule has 0 spiro atoms. The molecule has 2 aromatic carbocycles. The van der Waals surface area contributed by atoms with E-state index in [4.69, 9.17) is 0 Å². The normalized spacial score (nSPS) is 21.7. The van der Waals surface area contributed by atoms with Crippen LogP contribution in [0.4, 0.5) is 24.5 Å². The molecule has 4 nitrogen and oxygen atoms in total. The summed E-state index contributed by atoms with van der Waals surface area (Å²) in [6, 6.07) is 12.1. The Bertz CT molecular complexity index is 954. The van der Waals surface area contributed by atoms with Crippen molar-refractivity contribution in [3.05, 3.63) is 59.7 Å². The van der Waals surface area contributed by atoms with Gasteiger partial charge < -0.3 is 0 Å². The third kappa shape index (κ3) is 4.05. The summed E-state index contributed by atoms with van der Waals surface area (Å²) >= 11 is 0. The van der Waals surface area contributed by atoms with Crippen LogP contribution in [-0.4, -0.2) is 36.3 Å². The molecule has 2 aromatic rings. The molecule has 0 radical (unpaired) electrons. The highest BCUT2D eigenvalue weighted by atomic mass is 19.4. The van der Waals surface area contributed by atoms with Crippen LogP contribution in [0.25, 0.3) is 0 Å². The molecule has 152 valence electrons. The number of likely N-dealkylation sites (tertiary alicyclic amines) is 1. The van der Waals surface area contributed by atoms with Gasteiger partial charge in [0.15, 0.2) is 0 Å². The van der Waals surface area contributed by atoms with Gasteiger partial charge in [0.2, 0.25) is 0 Å². The lowest BCUT2D eigenvalue weighted by atomic mass is 10.0. The van der Waals surface area contributed by atoms with Gasteiger partial charge in [-0.3, -0.25) is 14.6 Å².